The van der Waals surface area contributed by atoms with Crippen molar-refractivity contribution in [3.8, 4) is 0 Å². The van der Waals surface area contributed by atoms with Gasteiger partial charge in [-0.2, -0.15) is 0 Å². The Morgan fingerprint density at radius 1 is 0.929 bits per heavy atom. The molecular formula is C11H21FN2. The molecule has 2 N–H and O–H groups in total. The van der Waals surface area contributed by atoms with E-state index in [4.69, 9.17) is 5.73 Å². The molecule has 14 heavy (non-hydrogen) atoms. The molecule has 0 bridgehead atoms. The zero-order valence-corrected chi connectivity index (χ0v) is 8.79. The maximum atomic E-state index is 12.9. The van der Waals surface area contributed by atoms with Crippen LogP contribution in [0.4, 0.5) is 4.39 Å². The van der Waals surface area contributed by atoms with Gasteiger partial charge in [-0.25, -0.2) is 4.39 Å². The van der Waals surface area contributed by atoms with Crippen molar-refractivity contribution < 1.29 is 4.39 Å². The summed E-state index contributed by atoms with van der Waals surface area (Å²) in [6.45, 7) is 1.92. The number of piperidine rings is 1. The van der Waals surface area contributed by atoms with E-state index < -0.39 is 6.17 Å². The number of hydrogen-bond acceptors (Lipinski definition) is 2. The third-order valence-electron chi connectivity index (χ3n) is 3.72. The van der Waals surface area contributed by atoms with Gasteiger partial charge in [-0.3, -0.25) is 0 Å². The summed E-state index contributed by atoms with van der Waals surface area (Å²) in [7, 11) is 0. The van der Waals surface area contributed by atoms with Gasteiger partial charge >= 0.3 is 0 Å². The van der Waals surface area contributed by atoms with Crippen molar-refractivity contribution in [2.45, 2.75) is 56.8 Å². The van der Waals surface area contributed by atoms with Crippen LogP contribution in [0.15, 0.2) is 0 Å². The highest BCUT2D eigenvalue weighted by Gasteiger charge is 2.27. The van der Waals surface area contributed by atoms with Gasteiger partial charge in [0.05, 0.1) is 0 Å². The monoisotopic (exact) mass is 200 g/mol. The van der Waals surface area contributed by atoms with Gasteiger partial charge in [0.25, 0.3) is 0 Å². The van der Waals surface area contributed by atoms with Gasteiger partial charge in [-0.05, 0) is 38.5 Å². The summed E-state index contributed by atoms with van der Waals surface area (Å²) >= 11 is 0. The van der Waals surface area contributed by atoms with Crippen molar-refractivity contribution in [2.24, 2.45) is 5.73 Å². The Morgan fingerprint density at radius 2 is 1.50 bits per heavy atom. The fraction of sp³-hybridized carbons (Fsp3) is 1.00. The number of nitrogens with zero attached hydrogens (tertiary/aromatic N) is 1. The van der Waals surface area contributed by atoms with Crippen molar-refractivity contribution >= 4 is 0 Å². The van der Waals surface area contributed by atoms with Crippen LogP contribution in [-0.4, -0.2) is 36.2 Å². The molecule has 2 nitrogen and oxygen atoms in total. The van der Waals surface area contributed by atoms with Crippen molar-refractivity contribution in [3.05, 3.63) is 0 Å². The number of rotatable bonds is 1. The zero-order chi connectivity index (χ0) is 9.97. The molecule has 3 heteroatoms. The van der Waals surface area contributed by atoms with Crippen molar-refractivity contribution in [1.82, 2.24) is 4.90 Å². The lowest BCUT2D eigenvalue weighted by Gasteiger charge is -2.38. The Hall–Kier alpha value is -0.150. The van der Waals surface area contributed by atoms with Crippen LogP contribution in [0.2, 0.25) is 0 Å². The first-order chi connectivity index (χ1) is 6.75. The average molecular weight is 200 g/mol. The molecular weight excluding hydrogens is 179 g/mol. The van der Waals surface area contributed by atoms with Crippen LogP contribution >= 0.6 is 0 Å². The predicted molar refractivity (Wildman–Crippen MR) is 55.9 cm³/mol. The van der Waals surface area contributed by atoms with Crippen molar-refractivity contribution in [1.29, 1.82) is 0 Å². The van der Waals surface area contributed by atoms with E-state index in [1.807, 2.05) is 0 Å². The minimum Gasteiger partial charge on any atom is -0.328 e. The summed E-state index contributed by atoms with van der Waals surface area (Å²) < 4.78 is 12.9. The Morgan fingerprint density at radius 3 is 2.07 bits per heavy atom. The summed E-state index contributed by atoms with van der Waals surface area (Å²) in [6.07, 6.45) is 5.68. The Bertz CT molecular complexity index is 150. The Labute approximate surface area is 85.6 Å². The van der Waals surface area contributed by atoms with Gasteiger partial charge in [0.2, 0.25) is 0 Å². The van der Waals surface area contributed by atoms with E-state index in [-0.39, 0.29) is 0 Å². The fourth-order valence-electron chi connectivity index (χ4n) is 2.70. The summed E-state index contributed by atoms with van der Waals surface area (Å²) in [5, 5.41) is 0. The smallest absolute Gasteiger partial charge is 0.103 e. The first kappa shape index (κ1) is 10.4. The number of alkyl halides is 1. The van der Waals surface area contributed by atoms with E-state index >= 15 is 0 Å². The number of hydrogen-bond donors (Lipinski definition) is 1. The molecule has 1 saturated carbocycles. The summed E-state index contributed by atoms with van der Waals surface area (Å²) in [5.41, 5.74) is 5.87. The molecule has 0 aromatic carbocycles. The highest BCUT2D eigenvalue weighted by molar-refractivity contribution is 4.83. The summed E-state index contributed by atoms with van der Waals surface area (Å²) in [6, 6.07) is 1.12. The molecule has 2 rings (SSSR count). The molecule has 0 atom stereocenters. The van der Waals surface area contributed by atoms with E-state index in [1.54, 1.807) is 0 Å². The predicted octanol–water partition coefficient (Wildman–Crippen LogP) is 1.69. The minimum atomic E-state index is -0.544. The second-order valence-electron chi connectivity index (χ2n) is 4.78. The quantitative estimate of drug-likeness (QED) is 0.698. The molecule has 82 valence electrons. The molecule has 0 amide bonds. The molecule has 0 aromatic rings. The SMILES string of the molecule is NC1CCC(N2CCC(F)CC2)CC1. The van der Waals surface area contributed by atoms with Gasteiger partial charge < -0.3 is 10.6 Å². The Balaban J connectivity index is 1.78. The highest BCUT2D eigenvalue weighted by Crippen LogP contribution is 2.25. The zero-order valence-electron chi connectivity index (χ0n) is 8.79. The Kier molecular flexibility index (Phi) is 3.39. The summed E-state index contributed by atoms with van der Waals surface area (Å²) in [5.74, 6) is 0. The van der Waals surface area contributed by atoms with Crippen LogP contribution in [0.1, 0.15) is 38.5 Å². The second-order valence-corrected chi connectivity index (χ2v) is 4.78. The lowest BCUT2D eigenvalue weighted by Crippen LogP contribution is -2.45. The van der Waals surface area contributed by atoms with Gasteiger partial charge in [0, 0.05) is 25.2 Å². The minimum absolute atomic E-state index is 0.421. The second kappa shape index (κ2) is 4.58. The number of halogens is 1. The molecule has 1 saturated heterocycles. The van der Waals surface area contributed by atoms with Crippen LogP contribution in [0.3, 0.4) is 0 Å². The highest BCUT2D eigenvalue weighted by atomic mass is 19.1. The van der Waals surface area contributed by atoms with Crippen LogP contribution < -0.4 is 5.73 Å². The largest absolute Gasteiger partial charge is 0.328 e. The average Bonchev–Trinajstić information content (AvgIpc) is 2.21. The van der Waals surface area contributed by atoms with Crippen LogP contribution in [0, 0.1) is 0 Å². The normalized spacial score (nSPS) is 37.3. The molecule has 0 spiro atoms. The van der Waals surface area contributed by atoms with E-state index in [1.165, 1.54) is 12.8 Å². The molecule has 1 aliphatic carbocycles. The third kappa shape index (κ3) is 2.45. The number of nitrogens with two attached hydrogens (primary N) is 1. The summed E-state index contributed by atoms with van der Waals surface area (Å²) in [4.78, 5) is 2.47. The van der Waals surface area contributed by atoms with E-state index in [0.717, 1.165) is 38.8 Å². The first-order valence-electron chi connectivity index (χ1n) is 5.89. The molecule has 1 aliphatic heterocycles. The van der Waals surface area contributed by atoms with Gasteiger partial charge in [-0.1, -0.05) is 0 Å². The van der Waals surface area contributed by atoms with Crippen molar-refractivity contribution in [3.63, 3.8) is 0 Å². The molecule has 0 radical (unpaired) electrons. The maximum absolute atomic E-state index is 12.9. The van der Waals surface area contributed by atoms with Crippen LogP contribution in [-0.2, 0) is 0 Å². The van der Waals surface area contributed by atoms with Crippen molar-refractivity contribution in [2.75, 3.05) is 13.1 Å². The third-order valence-corrected chi connectivity index (χ3v) is 3.72. The van der Waals surface area contributed by atoms with Gasteiger partial charge in [0.15, 0.2) is 0 Å². The number of likely N-dealkylation sites (tertiary alicyclic amines) is 1. The van der Waals surface area contributed by atoms with E-state index in [0.29, 0.717) is 12.1 Å². The molecule has 1 heterocycles. The molecule has 2 fully saturated rings. The van der Waals surface area contributed by atoms with E-state index in [9.17, 15) is 4.39 Å². The molecule has 0 aromatic heterocycles. The standard InChI is InChI=1S/C11H21FN2/c12-9-5-7-14(8-6-9)11-3-1-10(13)2-4-11/h9-11H,1-8,13H2. The first-order valence-corrected chi connectivity index (χ1v) is 5.89. The van der Waals surface area contributed by atoms with Gasteiger partial charge in [-0.15, -0.1) is 0 Å². The lowest BCUT2D eigenvalue weighted by molar-refractivity contribution is 0.0884. The van der Waals surface area contributed by atoms with Crippen LogP contribution in [0.5, 0.6) is 0 Å². The topological polar surface area (TPSA) is 29.3 Å². The van der Waals surface area contributed by atoms with Crippen LogP contribution in [0.25, 0.3) is 0 Å². The van der Waals surface area contributed by atoms with Gasteiger partial charge in [0.1, 0.15) is 6.17 Å². The molecule has 0 unspecified atom stereocenters. The fourth-order valence-corrected chi connectivity index (χ4v) is 2.70. The van der Waals surface area contributed by atoms with E-state index in [2.05, 4.69) is 4.90 Å². The lowest BCUT2D eigenvalue weighted by atomic mass is 9.89. The maximum Gasteiger partial charge on any atom is 0.103 e. The molecule has 2 aliphatic rings.